The van der Waals surface area contributed by atoms with Crippen molar-refractivity contribution in [3.8, 4) is 5.75 Å². The third kappa shape index (κ3) is 11.7. The number of urea groups is 1. The molecule has 15 nitrogen and oxygen atoms in total. The molecule has 0 bridgehead atoms. The van der Waals surface area contributed by atoms with Crippen molar-refractivity contribution in [2.24, 2.45) is 0 Å². The van der Waals surface area contributed by atoms with E-state index in [4.69, 9.17) is 14.2 Å². The number of hydrogen-bond donors (Lipinski definition) is 2. The first-order valence-electron chi connectivity index (χ1n) is 21.7. The van der Waals surface area contributed by atoms with E-state index in [0.717, 1.165) is 102 Å². The number of piperidine rings is 2. The Balaban J connectivity index is 0.00000604. The molecule has 1 atom stereocenters. The number of phenols is 1. The highest BCUT2D eigenvalue weighted by molar-refractivity contribution is 5.91. The predicted octanol–water partition coefficient (Wildman–Crippen LogP) is 4.12. The average molecular weight is 834 g/mol. The van der Waals surface area contributed by atoms with Gasteiger partial charge < -0.3 is 39.3 Å². The summed E-state index contributed by atoms with van der Waals surface area (Å²) in [6.07, 6.45) is 3.14. The van der Waals surface area contributed by atoms with E-state index in [0.29, 0.717) is 75.9 Å². The summed E-state index contributed by atoms with van der Waals surface area (Å²) in [7, 11) is 0. The molecule has 15 heteroatoms. The Morgan fingerprint density at radius 2 is 1.48 bits per heavy atom. The molecule has 5 aliphatic heterocycles. The van der Waals surface area contributed by atoms with Gasteiger partial charge in [-0.25, -0.2) is 9.59 Å². The number of rotatable bonds is 12. The molecule has 4 fully saturated rings. The molecule has 5 aliphatic rings. The van der Waals surface area contributed by atoms with Crippen molar-refractivity contribution < 1.29 is 38.5 Å². The largest absolute Gasteiger partial charge is 0.507 e. The van der Waals surface area contributed by atoms with E-state index in [1.54, 1.807) is 4.90 Å². The van der Waals surface area contributed by atoms with Crippen LogP contribution in [0.25, 0.3) is 0 Å². The van der Waals surface area contributed by atoms with Gasteiger partial charge in [0.1, 0.15) is 5.75 Å². The first-order chi connectivity index (χ1) is 28.6. The maximum atomic E-state index is 14.2. The summed E-state index contributed by atoms with van der Waals surface area (Å²) in [6.45, 7) is 14.6. The van der Waals surface area contributed by atoms with E-state index in [-0.39, 0.29) is 43.5 Å². The molecule has 0 saturated carbocycles. The summed E-state index contributed by atoms with van der Waals surface area (Å²) in [6, 6.07) is 11.8. The number of carbonyl (C=O) groups is 4. The van der Waals surface area contributed by atoms with Crippen LogP contribution >= 0.6 is 0 Å². The Labute approximate surface area is 355 Å². The number of phenolic OH excluding ortho intramolecular Hbond substituents is 1. The van der Waals surface area contributed by atoms with Crippen molar-refractivity contribution in [2.75, 3.05) is 110 Å². The summed E-state index contributed by atoms with van der Waals surface area (Å²) in [5.41, 5.74) is 4.19. The zero-order chi connectivity index (χ0) is 41.3. The normalized spacial score (nSPS) is 20.7. The van der Waals surface area contributed by atoms with Crippen LogP contribution in [0, 0.1) is 13.8 Å². The molecule has 4 saturated heterocycles. The summed E-state index contributed by atoms with van der Waals surface area (Å²) in [4.78, 5) is 66.1. The number of nitrogens with zero attached hydrogens (tertiary/aromatic N) is 6. The zero-order valence-electron chi connectivity index (χ0n) is 34.9. The standard InChI is InChI=1S/C44H63N7O8.CH4/c1-32-28-34(29-33(2)41(32)53)30-39(59-44(56)50-16-11-37(12-17-50)51-18-8-35-6-3-4-7-38(35)45-43(51)55)42(54)49-14-9-36(10-15-49)48-21-19-47(20-22-48)31-40(52)58-25-5-13-46-23-26-57-27-24-46;/h3-4,6-7,28-29,36-37,39,53H,5,8-27,30-31H2,1-2H3,(H,45,55);1H4/t39-;/m1./s1. The molecule has 7 rings (SSSR count). The third-order valence-corrected chi connectivity index (χ3v) is 12.8. The van der Waals surface area contributed by atoms with Crippen molar-refractivity contribution in [1.29, 1.82) is 0 Å². The second-order valence-corrected chi connectivity index (χ2v) is 16.8. The number of benzene rings is 2. The van der Waals surface area contributed by atoms with E-state index in [9.17, 15) is 24.3 Å². The minimum Gasteiger partial charge on any atom is -0.507 e. The van der Waals surface area contributed by atoms with Crippen molar-refractivity contribution in [2.45, 2.75) is 84.4 Å². The molecule has 0 unspecified atom stereocenters. The molecule has 0 aliphatic carbocycles. The van der Waals surface area contributed by atoms with Gasteiger partial charge in [0.15, 0.2) is 6.10 Å². The average Bonchev–Trinajstić information content (AvgIpc) is 3.42. The smallest absolute Gasteiger partial charge is 0.410 e. The number of para-hydroxylation sites is 1. The van der Waals surface area contributed by atoms with Crippen LogP contribution in [0.5, 0.6) is 5.75 Å². The van der Waals surface area contributed by atoms with E-state index in [1.807, 2.05) is 60.0 Å². The molecule has 0 spiro atoms. The third-order valence-electron chi connectivity index (χ3n) is 12.8. The van der Waals surface area contributed by atoms with Crippen LogP contribution in [0.1, 0.15) is 61.8 Å². The second-order valence-electron chi connectivity index (χ2n) is 16.8. The molecule has 4 amide bonds. The lowest BCUT2D eigenvalue weighted by Crippen LogP contribution is -2.55. The number of morpholine rings is 1. The number of fused-ring (bicyclic) bond motifs is 1. The van der Waals surface area contributed by atoms with Crippen LogP contribution in [0.3, 0.4) is 0 Å². The van der Waals surface area contributed by atoms with Gasteiger partial charge in [-0.3, -0.25) is 24.3 Å². The van der Waals surface area contributed by atoms with Crippen molar-refractivity contribution in [3.05, 3.63) is 58.7 Å². The highest BCUT2D eigenvalue weighted by atomic mass is 16.6. The first kappa shape index (κ1) is 45.1. The number of esters is 1. The van der Waals surface area contributed by atoms with Gasteiger partial charge in [0, 0.05) is 103 Å². The van der Waals surface area contributed by atoms with Gasteiger partial charge in [-0.05, 0) is 80.7 Å². The van der Waals surface area contributed by atoms with Crippen LogP contribution in [0.15, 0.2) is 36.4 Å². The highest BCUT2D eigenvalue weighted by Crippen LogP contribution is 2.28. The predicted molar refractivity (Wildman–Crippen MR) is 229 cm³/mol. The molecule has 0 radical (unpaired) electrons. The van der Waals surface area contributed by atoms with Crippen molar-refractivity contribution >= 4 is 29.7 Å². The molecular weight excluding hydrogens is 767 g/mol. The fraction of sp³-hybridized carbons (Fsp3) is 0.644. The number of hydrogen-bond acceptors (Lipinski definition) is 11. The topological polar surface area (TPSA) is 148 Å². The Bertz CT molecular complexity index is 1740. The molecular formula is C45H67N7O8. The Morgan fingerprint density at radius 3 is 2.18 bits per heavy atom. The second kappa shape index (κ2) is 21.4. The minimum absolute atomic E-state index is 0. The number of amides is 4. The number of nitrogens with one attached hydrogen (secondary N) is 1. The van der Waals surface area contributed by atoms with E-state index < -0.39 is 12.2 Å². The van der Waals surface area contributed by atoms with Gasteiger partial charge in [-0.2, -0.15) is 0 Å². The first-order valence-corrected chi connectivity index (χ1v) is 21.7. The lowest BCUT2D eigenvalue weighted by Gasteiger charge is -2.43. The summed E-state index contributed by atoms with van der Waals surface area (Å²) in [5.74, 6) is -0.154. The monoisotopic (exact) mass is 834 g/mol. The van der Waals surface area contributed by atoms with Crippen LogP contribution < -0.4 is 5.32 Å². The number of aromatic hydroxyl groups is 1. The lowest BCUT2D eigenvalue weighted by atomic mass is 9.98. The van der Waals surface area contributed by atoms with E-state index in [2.05, 4.69) is 20.0 Å². The van der Waals surface area contributed by atoms with Gasteiger partial charge in [-0.15, -0.1) is 0 Å². The summed E-state index contributed by atoms with van der Waals surface area (Å²) >= 11 is 0. The Kier molecular flexibility index (Phi) is 16.1. The van der Waals surface area contributed by atoms with Gasteiger partial charge >= 0.3 is 18.1 Å². The van der Waals surface area contributed by atoms with E-state index in [1.165, 1.54) is 0 Å². The molecule has 2 aromatic rings. The van der Waals surface area contributed by atoms with Crippen molar-refractivity contribution in [3.63, 3.8) is 0 Å². The molecule has 0 aromatic heterocycles. The van der Waals surface area contributed by atoms with Gasteiger partial charge in [0.2, 0.25) is 0 Å². The van der Waals surface area contributed by atoms with Crippen LogP contribution in [-0.4, -0.2) is 182 Å². The van der Waals surface area contributed by atoms with Crippen LogP contribution in [0.2, 0.25) is 0 Å². The van der Waals surface area contributed by atoms with Gasteiger partial charge in [-0.1, -0.05) is 37.8 Å². The number of anilines is 1. The van der Waals surface area contributed by atoms with Gasteiger partial charge in [0.25, 0.3) is 5.91 Å². The number of aryl methyl sites for hydroxylation is 2. The maximum Gasteiger partial charge on any atom is 0.410 e. The number of piperazine rings is 1. The van der Waals surface area contributed by atoms with Gasteiger partial charge in [0.05, 0.1) is 26.4 Å². The highest BCUT2D eigenvalue weighted by Gasteiger charge is 2.37. The number of carbonyl (C=O) groups excluding carboxylic acids is 4. The lowest BCUT2D eigenvalue weighted by molar-refractivity contribution is -0.145. The summed E-state index contributed by atoms with van der Waals surface area (Å²) in [5, 5.41) is 13.5. The molecule has 330 valence electrons. The quantitative estimate of drug-likeness (QED) is 0.235. The maximum absolute atomic E-state index is 14.2. The van der Waals surface area contributed by atoms with Crippen LogP contribution in [-0.2, 0) is 36.6 Å². The zero-order valence-corrected chi connectivity index (χ0v) is 34.9. The van der Waals surface area contributed by atoms with Crippen LogP contribution in [0.4, 0.5) is 15.3 Å². The fourth-order valence-corrected chi connectivity index (χ4v) is 9.32. The molecule has 5 heterocycles. The Morgan fingerprint density at radius 1 is 0.833 bits per heavy atom. The Hall–Kier alpha value is -4.44. The molecule has 60 heavy (non-hydrogen) atoms. The molecule has 2 N–H and O–H groups in total. The molecule has 2 aromatic carbocycles. The van der Waals surface area contributed by atoms with Crippen molar-refractivity contribution in [1.82, 2.24) is 29.4 Å². The number of ether oxygens (including phenoxy) is 3. The minimum atomic E-state index is -1.02. The SMILES string of the molecule is C.Cc1cc(C[C@@H](OC(=O)N2CCC(N3CCc4ccccc4NC3=O)CC2)C(=O)N2CCC(N3CCN(CC(=O)OCCCN4CCOCC4)CC3)CC2)cc(C)c1O. The summed E-state index contributed by atoms with van der Waals surface area (Å²) < 4.78 is 17.0. The number of likely N-dealkylation sites (tertiary alicyclic amines) is 2. The van der Waals surface area contributed by atoms with E-state index >= 15 is 0 Å². The fourth-order valence-electron chi connectivity index (χ4n) is 9.32.